The summed E-state index contributed by atoms with van der Waals surface area (Å²) in [6.45, 7) is 3.53. The molecule has 1 atom stereocenters. The molecular weight excluding hydrogens is 334 g/mol. The first-order chi connectivity index (χ1) is 12.3. The molecule has 1 unspecified atom stereocenters. The number of benzene rings is 2. The highest BCUT2D eigenvalue weighted by Gasteiger charge is 2.32. The van der Waals surface area contributed by atoms with Crippen molar-refractivity contribution in [3.8, 4) is 0 Å². The highest BCUT2D eigenvalue weighted by atomic mass is 16.5. The molecule has 0 aliphatic carbocycles. The first-order valence-electron chi connectivity index (χ1n) is 8.29. The fourth-order valence-electron chi connectivity index (χ4n) is 3.28. The van der Waals surface area contributed by atoms with Crippen molar-refractivity contribution < 1.29 is 23.8 Å². The number of carbonyl (C=O) groups is 2. The lowest BCUT2D eigenvalue weighted by Gasteiger charge is -2.28. The second kappa shape index (κ2) is 6.80. The summed E-state index contributed by atoms with van der Waals surface area (Å²) in [7, 11) is 1.46. The normalized spacial score (nSPS) is 13.7. The molecule has 3 rings (SSSR count). The Balaban J connectivity index is 2.01. The van der Waals surface area contributed by atoms with Crippen molar-refractivity contribution in [2.24, 2.45) is 0 Å². The van der Waals surface area contributed by atoms with Gasteiger partial charge in [-0.1, -0.05) is 36.4 Å². The van der Waals surface area contributed by atoms with E-state index in [-0.39, 0.29) is 18.8 Å². The SMILES string of the molecule is COCC(C)(CC(=O)O)NC(=O)c1oc2c(ccc3ccccc32)c1C. The molecule has 0 bridgehead atoms. The lowest BCUT2D eigenvalue weighted by Crippen LogP contribution is -2.50. The molecule has 2 aromatic carbocycles. The fourth-order valence-corrected chi connectivity index (χ4v) is 3.28. The van der Waals surface area contributed by atoms with Gasteiger partial charge in [0, 0.05) is 23.4 Å². The van der Waals surface area contributed by atoms with Gasteiger partial charge in [0.15, 0.2) is 5.76 Å². The second-order valence-electron chi connectivity index (χ2n) is 6.74. The van der Waals surface area contributed by atoms with E-state index < -0.39 is 17.4 Å². The van der Waals surface area contributed by atoms with Gasteiger partial charge >= 0.3 is 5.97 Å². The van der Waals surface area contributed by atoms with Crippen LogP contribution in [0.3, 0.4) is 0 Å². The van der Waals surface area contributed by atoms with Crippen molar-refractivity contribution in [2.75, 3.05) is 13.7 Å². The Bertz CT molecular complexity index is 990. The quantitative estimate of drug-likeness (QED) is 0.706. The van der Waals surface area contributed by atoms with E-state index in [0.29, 0.717) is 5.58 Å². The van der Waals surface area contributed by atoms with E-state index in [2.05, 4.69) is 5.32 Å². The van der Waals surface area contributed by atoms with E-state index in [0.717, 1.165) is 21.7 Å². The second-order valence-corrected chi connectivity index (χ2v) is 6.74. The minimum atomic E-state index is -1.04. The highest BCUT2D eigenvalue weighted by Crippen LogP contribution is 2.32. The molecule has 2 N–H and O–H groups in total. The summed E-state index contributed by atoms with van der Waals surface area (Å²) in [4.78, 5) is 23.9. The van der Waals surface area contributed by atoms with Gasteiger partial charge in [-0.3, -0.25) is 9.59 Å². The van der Waals surface area contributed by atoms with Crippen LogP contribution in [0, 0.1) is 6.92 Å². The average molecular weight is 355 g/mol. The molecule has 0 fully saturated rings. The predicted octanol–water partition coefficient (Wildman–Crippen LogP) is 3.50. The number of rotatable bonds is 6. The molecule has 0 aliphatic heterocycles. The first kappa shape index (κ1) is 17.9. The van der Waals surface area contributed by atoms with E-state index in [1.165, 1.54) is 7.11 Å². The van der Waals surface area contributed by atoms with Gasteiger partial charge in [0.25, 0.3) is 5.91 Å². The third-order valence-electron chi connectivity index (χ3n) is 4.45. The van der Waals surface area contributed by atoms with Crippen LogP contribution in [-0.2, 0) is 9.53 Å². The number of hydrogen-bond donors (Lipinski definition) is 2. The number of carboxylic acid groups (broad SMARTS) is 1. The number of aryl methyl sites for hydroxylation is 1. The van der Waals surface area contributed by atoms with Crippen LogP contribution >= 0.6 is 0 Å². The standard InChI is InChI=1S/C20H21NO5/c1-12-14-9-8-13-6-4-5-7-15(13)18(14)26-17(12)19(24)21-20(2,11-25-3)10-16(22)23/h4-9H,10-11H2,1-3H3,(H,21,24)(H,22,23). The summed E-state index contributed by atoms with van der Waals surface area (Å²) in [5.74, 6) is -1.29. The summed E-state index contributed by atoms with van der Waals surface area (Å²) in [6, 6.07) is 11.7. The van der Waals surface area contributed by atoms with E-state index >= 15 is 0 Å². The summed E-state index contributed by atoms with van der Waals surface area (Å²) in [6.07, 6.45) is -0.255. The zero-order chi connectivity index (χ0) is 18.9. The number of ether oxygens (including phenoxy) is 1. The molecular formula is C20H21NO5. The highest BCUT2D eigenvalue weighted by molar-refractivity contribution is 6.09. The molecule has 1 heterocycles. The van der Waals surface area contributed by atoms with Crippen molar-refractivity contribution in [1.82, 2.24) is 5.32 Å². The van der Waals surface area contributed by atoms with Crippen LogP contribution in [0.15, 0.2) is 40.8 Å². The van der Waals surface area contributed by atoms with E-state index in [9.17, 15) is 9.59 Å². The Hall–Kier alpha value is -2.86. The molecule has 0 radical (unpaired) electrons. The maximum absolute atomic E-state index is 12.8. The van der Waals surface area contributed by atoms with Gasteiger partial charge in [-0.2, -0.15) is 0 Å². The van der Waals surface area contributed by atoms with Crippen LogP contribution < -0.4 is 5.32 Å². The third-order valence-corrected chi connectivity index (χ3v) is 4.45. The molecule has 1 amide bonds. The predicted molar refractivity (Wildman–Crippen MR) is 98.5 cm³/mol. The lowest BCUT2D eigenvalue weighted by atomic mass is 9.98. The van der Waals surface area contributed by atoms with Crippen LogP contribution in [-0.4, -0.2) is 36.2 Å². The smallest absolute Gasteiger partial charge is 0.305 e. The number of nitrogens with one attached hydrogen (secondary N) is 1. The molecule has 136 valence electrons. The van der Waals surface area contributed by atoms with E-state index in [4.69, 9.17) is 14.3 Å². The number of fused-ring (bicyclic) bond motifs is 3. The molecule has 0 spiro atoms. The molecule has 3 aromatic rings. The number of aliphatic carboxylic acids is 1. The van der Waals surface area contributed by atoms with Gasteiger partial charge in [-0.15, -0.1) is 0 Å². The molecule has 0 saturated carbocycles. The first-order valence-corrected chi connectivity index (χ1v) is 8.29. The topological polar surface area (TPSA) is 88.8 Å². The summed E-state index contributed by atoms with van der Waals surface area (Å²) in [5, 5.41) is 14.7. The largest absolute Gasteiger partial charge is 0.481 e. The van der Waals surface area contributed by atoms with Crippen LogP contribution in [0.2, 0.25) is 0 Å². The van der Waals surface area contributed by atoms with E-state index in [1.807, 2.05) is 43.3 Å². The minimum absolute atomic E-state index is 0.0766. The summed E-state index contributed by atoms with van der Waals surface area (Å²) >= 11 is 0. The Morgan fingerprint density at radius 3 is 2.62 bits per heavy atom. The number of methoxy groups -OCH3 is 1. The summed E-state index contributed by atoms with van der Waals surface area (Å²) in [5.41, 5.74) is 0.335. The fraction of sp³-hybridized carbons (Fsp3) is 0.300. The number of carbonyl (C=O) groups excluding carboxylic acids is 1. The van der Waals surface area contributed by atoms with Crippen LogP contribution in [0.4, 0.5) is 0 Å². The van der Waals surface area contributed by atoms with E-state index in [1.54, 1.807) is 6.92 Å². The van der Waals surface area contributed by atoms with Gasteiger partial charge in [-0.25, -0.2) is 0 Å². The lowest BCUT2D eigenvalue weighted by molar-refractivity contribution is -0.139. The molecule has 6 heteroatoms. The summed E-state index contributed by atoms with van der Waals surface area (Å²) < 4.78 is 11.0. The number of hydrogen-bond acceptors (Lipinski definition) is 4. The number of carboxylic acids is 1. The third kappa shape index (κ3) is 3.28. The van der Waals surface area contributed by atoms with Gasteiger partial charge in [0.2, 0.25) is 0 Å². The Morgan fingerprint density at radius 1 is 1.19 bits per heavy atom. The average Bonchev–Trinajstić information content (AvgIpc) is 2.91. The van der Waals surface area contributed by atoms with Gasteiger partial charge < -0.3 is 19.6 Å². The Labute approximate surface area is 150 Å². The molecule has 26 heavy (non-hydrogen) atoms. The van der Waals surface area contributed by atoms with Crippen molar-refractivity contribution in [3.05, 3.63) is 47.7 Å². The maximum Gasteiger partial charge on any atom is 0.305 e. The molecule has 0 aliphatic rings. The van der Waals surface area contributed by atoms with Gasteiger partial charge in [0.1, 0.15) is 5.58 Å². The number of furan rings is 1. The zero-order valence-corrected chi connectivity index (χ0v) is 15.0. The Kier molecular flexibility index (Phi) is 4.70. The van der Waals surface area contributed by atoms with Crippen molar-refractivity contribution in [1.29, 1.82) is 0 Å². The molecule has 6 nitrogen and oxygen atoms in total. The number of amides is 1. The minimum Gasteiger partial charge on any atom is -0.481 e. The van der Waals surface area contributed by atoms with Crippen LogP contribution in [0.1, 0.15) is 29.5 Å². The van der Waals surface area contributed by atoms with Crippen LogP contribution in [0.5, 0.6) is 0 Å². The van der Waals surface area contributed by atoms with Crippen molar-refractivity contribution in [2.45, 2.75) is 25.8 Å². The van der Waals surface area contributed by atoms with Crippen molar-refractivity contribution >= 4 is 33.6 Å². The van der Waals surface area contributed by atoms with Gasteiger partial charge in [0.05, 0.1) is 18.6 Å². The molecule has 1 aromatic heterocycles. The van der Waals surface area contributed by atoms with Crippen molar-refractivity contribution in [3.63, 3.8) is 0 Å². The molecule has 0 saturated heterocycles. The zero-order valence-electron chi connectivity index (χ0n) is 15.0. The Morgan fingerprint density at radius 2 is 1.92 bits per heavy atom. The maximum atomic E-state index is 12.8. The monoisotopic (exact) mass is 355 g/mol. The van der Waals surface area contributed by atoms with Gasteiger partial charge in [-0.05, 0) is 19.2 Å². The van der Waals surface area contributed by atoms with Crippen LogP contribution in [0.25, 0.3) is 21.7 Å².